The first-order valence-corrected chi connectivity index (χ1v) is 6.68. The lowest BCUT2D eigenvalue weighted by atomic mass is 10.0. The van der Waals surface area contributed by atoms with Gasteiger partial charge in [-0.1, -0.05) is 37.8 Å². The van der Waals surface area contributed by atoms with Crippen LogP contribution >= 0.6 is 0 Å². The van der Waals surface area contributed by atoms with Crippen LogP contribution in [0.4, 0.5) is 0 Å². The minimum atomic E-state index is -0.696. The fraction of sp³-hybridized carbons (Fsp3) is 0.375. The van der Waals surface area contributed by atoms with Gasteiger partial charge in [-0.05, 0) is 18.1 Å². The van der Waals surface area contributed by atoms with E-state index in [0.29, 0.717) is 11.1 Å². The van der Waals surface area contributed by atoms with Crippen LogP contribution in [-0.2, 0) is 9.53 Å². The average molecular weight is 288 g/mol. The Balaban J connectivity index is 3.00. The summed E-state index contributed by atoms with van der Waals surface area (Å²) in [6.07, 6.45) is 0. The molecule has 1 rings (SSSR count). The van der Waals surface area contributed by atoms with E-state index in [9.17, 15) is 9.59 Å². The van der Waals surface area contributed by atoms with E-state index in [0.717, 1.165) is 0 Å². The summed E-state index contributed by atoms with van der Waals surface area (Å²) >= 11 is 0. The third kappa shape index (κ3) is 4.62. The van der Waals surface area contributed by atoms with Crippen molar-refractivity contribution in [2.75, 3.05) is 13.7 Å². The maximum atomic E-state index is 12.3. The van der Waals surface area contributed by atoms with Crippen LogP contribution in [0.3, 0.4) is 0 Å². The second-order valence-electron chi connectivity index (χ2n) is 4.77. The molecule has 0 radical (unpaired) electrons. The van der Waals surface area contributed by atoms with E-state index in [1.54, 1.807) is 24.3 Å². The fourth-order valence-electron chi connectivity index (χ4n) is 1.78. The maximum Gasteiger partial charge on any atom is 0.328 e. The lowest BCUT2D eigenvalue weighted by molar-refractivity contribution is -0.144. The molecule has 0 fully saturated rings. The van der Waals surface area contributed by atoms with Gasteiger partial charge in [0, 0.05) is 5.56 Å². The molecule has 0 aliphatic rings. The number of carbonyl (C=O) groups excluding carboxylic acids is 2. The molecule has 0 aromatic heterocycles. The van der Waals surface area contributed by atoms with E-state index < -0.39 is 12.0 Å². The molecule has 1 aromatic rings. The summed E-state index contributed by atoms with van der Waals surface area (Å²) < 4.78 is 4.71. The number of methoxy groups -OCH3 is 1. The molecule has 0 spiro atoms. The van der Waals surface area contributed by atoms with Crippen molar-refractivity contribution in [3.63, 3.8) is 0 Å². The smallest absolute Gasteiger partial charge is 0.328 e. The van der Waals surface area contributed by atoms with Crippen molar-refractivity contribution in [3.8, 4) is 11.8 Å². The Morgan fingerprint density at radius 1 is 1.33 bits per heavy atom. The summed E-state index contributed by atoms with van der Waals surface area (Å²) in [7, 11) is 1.30. The summed E-state index contributed by atoms with van der Waals surface area (Å²) in [6, 6.07) is 6.23. The number of carbonyl (C=O) groups is 2. The molecule has 0 aliphatic carbocycles. The minimum Gasteiger partial charge on any atom is -0.467 e. The fourth-order valence-corrected chi connectivity index (χ4v) is 1.78. The number of hydrogen-bond acceptors (Lipinski definition) is 4. The molecule has 3 N–H and O–H groups in total. The molecule has 1 aromatic carbocycles. The molecule has 0 aliphatic heterocycles. The Kier molecular flexibility index (Phi) is 6.44. The maximum absolute atomic E-state index is 12.3. The quantitative estimate of drug-likeness (QED) is 0.638. The molecule has 1 atom stereocenters. The first-order valence-electron chi connectivity index (χ1n) is 6.68. The first kappa shape index (κ1) is 16.7. The standard InChI is InChI=1S/C16H20N2O3/c1-11(2)14(16(20)21-3)18-15(19)13-9-5-4-7-12(13)8-6-10-17/h4-5,7,9,11,14H,10,17H2,1-3H3,(H,18,19). The summed E-state index contributed by atoms with van der Waals surface area (Å²) in [6.45, 7) is 3.89. The molecular weight excluding hydrogens is 268 g/mol. The normalized spacial score (nSPS) is 11.3. The Labute approximate surface area is 124 Å². The summed E-state index contributed by atoms with van der Waals surface area (Å²) in [5, 5.41) is 2.69. The van der Waals surface area contributed by atoms with Crippen LogP contribution in [0.2, 0.25) is 0 Å². The Hall–Kier alpha value is -2.32. The van der Waals surface area contributed by atoms with Crippen LogP contribution in [-0.4, -0.2) is 31.6 Å². The van der Waals surface area contributed by atoms with E-state index in [1.807, 2.05) is 13.8 Å². The molecule has 0 heterocycles. The number of nitrogens with one attached hydrogen (secondary N) is 1. The van der Waals surface area contributed by atoms with Gasteiger partial charge in [0.1, 0.15) is 6.04 Å². The van der Waals surface area contributed by atoms with Crippen LogP contribution < -0.4 is 11.1 Å². The molecule has 1 amide bonds. The van der Waals surface area contributed by atoms with Crippen molar-refractivity contribution in [2.24, 2.45) is 11.7 Å². The third-order valence-electron chi connectivity index (χ3n) is 2.91. The van der Waals surface area contributed by atoms with E-state index in [1.165, 1.54) is 7.11 Å². The molecule has 1 unspecified atom stereocenters. The lowest BCUT2D eigenvalue weighted by Gasteiger charge is -2.20. The predicted molar refractivity (Wildman–Crippen MR) is 80.5 cm³/mol. The van der Waals surface area contributed by atoms with Gasteiger partial charge in [0.2, 0.25) is 0 Å². The number of amides is 1. The molecule has 0 bridgehead atoms. The van der Waals surface area contributed by atoms with Crippen molar-refractivity contribution in [3.05, 3.63) is 35.4 Å². The number of nitrogens with two attached hydrogens (primary N) is 1. The van der Waals surface area contributed by atoms with Gasteiger partial charge < -0.3 is 15.8 Å². The number of hydrogen-bond donors (Lipinski definition) is 2. The molecule has 5 nitrogen and oxygen atoms in total. The van der Waals surface area contributed by atoms with Gasteiger partial charge >= 0.3 is 5.97 Å². The SMILES string of the molecule is COC(=O)C(NC(=O)c1ccccc1C#CCN)C(C)C. The van der Waals surface area contributed by atoms with Crippen molar-refractivity contribution < 1.29 is 14.3 Å². The van der Waals surface area contributed by atoms with Crippen molar-refractivity contribution in [1.82, 2.24) is 5.32 Å². The van der Waals surface area contributed by atoms with Crippen molar-refractivity contribution >= 4 is 11.9 Å². The molecular formula is C16H20N2O3. The molecule has 0 saturated carbocycles. The van der Waals surface area contributed by atoms with Crippen LogP contribution in [0.1, 0.15) is 29.8 Å². The Morgan fingerprint density at radius 3 is 2.57 bits per heavy atom. The zero-order valence-electron chi connectivity index (χ0n) is 12.5. The highest BCUT2D eigenvalue weighted by atomic mass is 16.5. The highest BCUT2D eigenvalue weighted by molar-refractivity contribution is 5.98. The Morgan fingerprint density at radius 2 is 2.00 bits per heavy atom. The van der Waals surface area contributed by atoms with Crippen LogP contribution in [0.5, 0.6) is 0 Å². The van der Waals surface area contributed by atoms with Crippen LogP contribution in [0.15, 0.2) is 24.3 Å². The third-order valence-corrected chi connectivity index (χ3v) is 2.91. The molecule has 21 heavy (non-hydrogen) atoms. The summed E-state index contributed by atoms with van der Waals surface area (Å²) in [5.41, 5.74) is 6.33. The summed E-state index contributed by atoms with van der Waals surface area (Å²) in [4.78, 5) is 24.0. The van der Waals surface area contributed by atoms with Gasteiger partial charge in [-0.25, -0.2) is 4.79 Å². The highest BCUT2D eigenvalue weighted by Gasteiger charge is 2.25. The van der Waals surface area contributed by atoms with E-state index in [-0.39, 0.29) is 18.4 Å². The van der Waals surface area contributed by atoms with E-state index >= 15 is 0 Å². The van der Waals surface area contributed by atoms with Gasteiger partial charge in [-0.3, -0.25) is 4.79 Å². The van der Waals surface area contributed by atoms with Gasteiger partial charge in [0.25, 0.3) is 5.91 Å². The van der Waals surface area contributed by atoms with E-state index in [4.69, 9.17) is 10.5 Å². The summed E-state index contributed by atoms with van der Waals surface area (Å²) in [5.74, 6) is 4.65. The van der Waals surface area contributed by atoms with Gasteiger partial charge in [0.15, 0.2) is 0 Å². The predicted octanol–water partition coefficient (Wildman–Crippen LogP) is 0.924. The largest absolute Gasteiger partial charge is 0.467 e. The minimum absolute atomic E-state index is 0.0799. The monoisotopic (exact) mass is 288 g/mol. The Bertz CT molecular complexity index is 570. The number of rotatable bonds is 4. The average Bonchev–Trinajstić information content (AvgIpc) is 2.49. The van der Waals surface area contributed by atoms with Crippen molar-refractivity contribution in [2.45, 2.75) is 19.9 Å². The van der Waals surface area contributed by atoms with E-state index in [2.05, 4.69) is 17.2 Å². The molecule has 5 heteroatoms. The highest BCUT2D eigenvalue weighted by Crippen LogP contribution is 2.10. The van der Waals surface area contributed by atoms with Gasteiger partial charge in [0.05, 0.1) is 19.2 Å². The topological polar surface area (TPSA) is 81.4 Å². The number of benzene rings is 1. The zero-order valence-corrected chi connectivity index (χ0v) is 12.5. The van der Waals surface area contributed by atoms with Gasteiger partial charge in [-0.15, -0.1) is 0 Å². The van der Waals surface area contributed by atoms with Gasteiger partial charge in [-0.2, -0.15) is 0 Å². The lowest BCUT2D eigenvalue weighted by Crippen LogP contribution is -2.45. The first-order chi connectivity index (χ1) is 10.0. The number of ether oxygens (including phenoxy) is 1. The molecule has 112 valence electrons. The number of esters is 1. The van der Waals surface area contributed by atoms with Crippen LogP contribution in [0, 0.1) is 17.8 Å². The molecule has 0 saturated heterocycles. The second kappa shape index (κ2) is 8.08. The zero-order chi connectivity index (χ0) is 15.8. The second-order valence-corrected chi connectivity index (χ2v) is 4.77. The van der Waals surface area contributed by atoms with Crippen molar-refractivity contribution in [1.29, 1.82) is 0 Å². The van der Waals surface area contributed by atoms with Crippen LogP contribution in [0.25, 0.3) is 0 Å².